The van der Waals surface area contributed by atoms with Gasteiger partial charge in [-0.3, -0.25) is 4.79 Å². The van der Waals surface area contributed by atoms with Gasteiger partial charge in [0.1, 0.15) is 12.4 Å². The fourth-order valence-electron chi connectivity index (χ4n) is 3.07. The largest absolute Gasteiger partial charge is 0.491 e. The molecular formula is C22H31F2N3O4. The number of halogens is 2. The number of ether oxygens (including phenoxy) is 2. The number of nitrogens with zero attached hydrogens (tertiary/aromatic N) is 3. The lowest BCUT2D eigenvalue weighted by Crippen LogP contribution is -2.48. The molecule has 1 aromatic carbocycles. The average molecular weight is 440 g/mol. The van der Waals surface area contributed by atoms with Gasteiger partial charge in [-0.1, -0.05) is 51.9 Å². The van der Waals surface area contributed by atoms with Crippen molar-refractivity contribution in [2.75, 3.05) is 20.3 Å². The molecule has 0 spiro atoms. The van der Waals surface area contributed by atoms with Gasteiger partial charge in [0.05, 0.1) is 12.6 Å². The van der Waals surface area contributed by atoms with Gasteiger partial charge in [-0.15, -0.1) is 0 Å². The molecule has 1 aromatic heterocycles. The third-order valence-corrected chi connectivity index (χ3v) is 4.60. The predicted octanol–water partition coefficient (Wildman–Crippen LogP) is 4.66. The Kier molecular flexibility index (Phi) is 7.75. The third-order valence-electron chi connectivity index (χ3n) is 4.60. The number of hydrogen-bond donors (Lipinski definition) is 0. The molecule has 1 aliphatic rings. The second-order valence-corrected chi connectivity index (χ2v) is 8.24. The fourth-order valence-corrected chi connectivity index (χ4v) is 3.07. The minimum atomic E-state index is -3.21. The van der Waals surface area contributed by atoms with Gasteiger partial charge in [-0.05, 0) is 6.07 Å². The second-order valence-electron chi connectivity index (χ2n) is 8.24. The van der Waals surface area contributed by atoms with Crippen LogP contribution in [0.1, 0.15) is 53.0 Å². The number of benzene rings is 1. The van der Waals surface area contributed by atoms with Crippen molar-refractivity contribution in [3.8, 4) is 17.1 Å². The van der Waals surface area contributed by atoms with Crippen LogP contribution in [0.15, 0.2) is 22.7 Å². The van der Waals surface area contributed by atoms with E-state index >= 15 is 0 Å². The molecule has 0 fully saturated rings. The number of hydrogen-bond acceptors (Lipinski definition) is 6. The summed E-state index contributed by atoms with van der Waals surface area (Å²) in [6.45, 7) is 11.2. The van der Waals surface area contributed by atoms with Crippen molar-refractivity contribution < 1.29 is 27.6 Å². The number of amides is 1. The summed E-state index contributed by atoms with van der Waals surface area (Å²) < 4.78 is 42.6. The van der Waals surface area contributed by atoms with E-state index in [4.69, 9.17) is 9.47 Å². The molecule has 31 heavy (non-hydrogen) atoms. The van der Waals surface area contributed by atoms with E-state index in [1.54, 1.807) is 30.2 Å². The average Bonchev–Trinajstić information content (AvgIpc) is 3.14. The maximum absolute atomic E-state index is 13.4. The molecule has 0 saturated heterocycles. The van der Waals surface area contributed by atoms with Crippen LogP contribution in [0.2, 0.25) is 0 Å². The van der Waals surface area contributed by atoms with Crippen LogP contribution in [0.25, 0.3) is 11.4 Å². The first-order valence-corrected chi connectivity index (χ1v) is 10.3. The quantitative estimate of drug-likeness (QED) is 0.690. The molecule has 7 nitrogen and oxygen atoms in total. The first kappa shape index (κ1) is 24.7. The van der Waals surface area contributed by atoms with Gasteiger partial charge in [-0.2, -0.15) is 13.8 Å². The number of rotatable bonds is 4. The van der Waals surface area contributed by atoms with Crippen LogP contribution in [-0.4, -0.2) is 47.3 Å². The highest BCUT2D eigenvalue weighted by Gasteiger charge is 2.35. The molecule has 1 amide bonds. The van der Waals surface area contributed by atoms with E-state index in [0.29, 0.717) is 31.4 Å². The Morgan fingerprint density at radius 2 is 1.94 bits per heavy atom. The van der Waals surface area contributed by atoms with E-state index in [1.165, 1.54) is 0 Å². The van der Waals surface area contributed by atoms with E-state index in [2.05, 4.69) is 14.7 Å². The summed E-state index contributed by atoms with van der Waals surface area (Å²) in [7, 11) is 1.58. The van der Waals surface area contributed by atoms with Crippen molar-refractivity contribution in [2.45, 2.75) is 60.1 Å². The van der Waals surface area contributed by atoms with Crippen LogP contribution >= 0.6 is 0 Å². The molecule has 2 aromatic rings. The van der Waals surface area contributed by atoms with Gasteiger partial charge < -0.3 is 18.9 Å². The minimum absolute atomic E-state index is 0.00642. The standard InChI is InChI=1S/C20H25F2N3O4.C2H6/c1-19(2,3)18(26)25-9-13-7-6-12(8-15(13)28-11-14(25)10-27-5)16-23-17(29-24-16)20(4,21)22;1-2/h6-8,14H,9-11H2,1-5H3;1-2H3/t14-;/m0./s1. The van der Waals surface area contributed by atoms with Gasteiger partial charge >= 0.3 is 5.92 Å². The molecule has 3 rings (SSSR count). The van der Waals surface area contributed by atoms with E-state index < -0.39 is 17.2 Å². The first-order chi connectivity index (χ1) is 14.5. The lowest BCUT2D eigenvalue weighted by molar-refractivity contribution is -0.144. The molecule has 0 unspecified atom stereocenters. The van der Waals surface area contributed by atoms with Crippen molar-refractivity contribution in [2.24, 2.45) is 5.41 Å². The Morgan fingerprint density at radius 1 is 1.26 bits per heavy atom. The van der Waals surface area contributed by atoms with Gasteiger partial charge in [0.25, 0.3) is 5.89 Å². The molecule has 0 saturated carbocycles. The summed E-state index contributed by atoms with van der Waals surface area (Å²) in [5, 5.41) is 3.64. The van der Waals surface area contributed by atoms with Gasteiger partial charge in [-0.25, -0.2) is 0 Å². The Bertz CT molecular complexity index is 888. The highest BCUT2D eigenvalue weighted by Crippen LogP contribution is 2.33. The van der Waals surface area contributed by atoms with Crippen LogP contribution < -0.4 is 4.74 Å². The Labute approximate surface area is 181 Å². The first-order valence-electron chi connectivity index (χ1n) is 10.3. The van der Waals surface area contributed by atoms with Crippen LogP contribution in [0.3, 0.4) is 0 Å². The number of alkyl halides is 2. The van der Waals surface area contributed by atoms with Crippen LogP contribution in [-0.2, 0) is 22.0 Å². The second kappa shape index (κ2) is 9.72. The highest BCUT2D eigenvalue weighted by molar-refractivity contribution is 5.82. The van der Waals surface area contributed by atoms with Crippen molar-refractivity contribution in [3.05, 3.63) is 29.7 Å². The van der Waals surface area contributed by atoms with Gasteiger partial charge in [0.2, 0.25) is 11.7 Å². The SMILES string of the molecule is CC.COC[C@H]1COc2cc(-c3noc(C(C)(F)F)n3)ccc2CN1C(=O)C(C)(C)C. The van der Waals surface area contributed by atoms with E-state index in [9.17, 15) is 13.6 Å². The topological polar surface area (TPSA) is 77.7 Å². The zero-order chi connectivity index (χ0) is 23.4. The lowest BCUT2D eigenvalue weighted by atomic mass is 9.93. The monoisotopic (exact) mass is 439 g/mol. The molecule has 1 aliphatic heterocycles. The number of aromatic nitrogens is 2. The zero-order valence-corrected chi connectivity index (χ0v) is 19.2. The smallest absolute Gasteiger partial charge is 0.322 e. The molecule has 0 bridgehead atoms. The highest BCUT2D eigenvalue weighted by atomic mass is 19.3. The van der Waals surface area contributed by atoms with E-state index in [0.717, 1.165) is 5.56 Å². The molecule has 0 aliphatic carbocycles. The third kappa shape index (κ3) is 5.78. The van der Waals surface area contributed by atoms with Crippen molar-refractivity contribution in [1.29, 1.82) is 0 Å². The summed E-state index contributed by atoms with van der Waals surface area (Å²) in [5.41, 5.74) is 0.736. The van der Waals surface area contributed by atoms with Crippen LogP contribution in [0.4, 0.5) is 8.78 Å². The predicted molar refractivity (Wildman–Crippen MR) is 112 cm³/mol. The van der Waals surface area contributed by atoms with Crippen LogP contribution in [0, 0.1) is 5.41 Å². The maximum Gasteiger partial charge on any atom is 0.322 e. The van der Waals surface area contributed by atoms with E-state index in [-0.39, 0.29) is 24.4 Å². The summed E-state index contributed by atoms with van der Waals surface area (Å²) in [6, 6.07) is 4.90. The normalized spacial score (nSPS) is 16.5. The lowest BCUT2D eigenvalue weighted by Gasteiger charge is -2.33. The van der Waals surface area contributed by atoms with Gasteiger partial charge in [0.15, 0.2) is 0 Å². The van der Waals surface area contributed by atoms with Gasteiger partial charge in [0, 0.05) is 37.1 Å². The van der Waals surface area contributed by atoms with Crippen molar-refractivity contribution >= 4 is 5.91 Å². The summed E-state index contributed by atoms with van der Waals surface area (Å²) >= 11 is 0. The molecule has 172 valence electrons. The Hall–Kier alpha value is -2.55. The number of carbonyl (C=O) groups excluding carboxylic acids is 1. The summed E-state index contributed by atoms with van der Waals surface area (Å²) in [4.78, 5) is 18.5. The number of carbonyl (C=O) groups is 1. The van der Waals surface area contributed by atoms with Crippen LogP contribution in [0.5, 0.6) is 5.75 Å². The maximum atomic E-state index is 13.4. The Morgan fingerprint density at radius 3 is 2.48 bits per heavy atom. The minimum Gasteiger partial charge on any atom is -0.491 e. The van der Waals surface area contributed by atoms with Crippen molar-refractivity contribution in [1.82, 2.24) is 15.0 Å². The molecule has 9 heteroatoms. The van der Waals surface area contributed by atoms with E-state index in [1.807, 2.05) is 34.6 Å². The molecule has 0 N–H and O–H groups in total. The number of fused-ring (bicyclic) bond motifs is 1. The Balaban J connectivity index is 0.00000166. The summed E-state index contributed by atoms with van der Waals surface area (Å²) in [6.07, 6.45) is 0. The van der Waals surface area contributed by atoms with Crippen molar-refractivity contribution in [3.63, 3.8) is 0 Å². The molecule has 0 radical (unpaired) electrons. The molecular weight excluding hydrogens is 408 g/mol. The molecule has 2 heterocycles. The molecule has 1 atom stereocenters. The summed E-state index contributed by atoms with van der Waals surface area (Å²) in [5.74, 6) is -3.37. The fraction of sp³-hybridized carbons (Fsp3) is 0.591. The number of methoxy groups -OCH3 is 1. The zero-order valence-electron chi connectivity index (χ0n) is 19.2.